The van der Waals surface area contributed by atoms with Crippen LogP contribution in [0.2, 0.25) is 0 Å². The molecule has 3 rings (SSSR count). The number of anilines is 1. The average molecular weight is 277 g/mol. The van der Waals surface area contributed by atoms with Gasteiger partial charge < -0.3 is 19.9 Å². The molecule has 1 heterocycles. The van der Waals surface area contributed by atoms with Crippen LogP contribution in [0, 0.1) is 11.8 Å². The molecule has 1 saturated carbocycles. The number of fused-ring (bicyclic) bond motifs is 1. The van der Waals surface area contributed by atoms with Crippen LogP contribution in [0.25, 0.3) is 0 Å². The molecule has 2 N–H and O–H groups in total. The van der Waals surface area contributed by atoms with Gasteiger partial charge in [0.15, 0.2) is 11.5 Å². The Balaban J connectivity index is 1.63. The number of aliphatic carboxylic acids is 1. The fourth-order valence-corrected chi connectivity index (χ4v) is 2.66. The summed E-state index contributed by atoms with van der Waals surface area (Å²) in [4.78, 5) is 23.0. The maximum Gasteiger partial charge on any atom is 0.306 e. The number of nitrogens with one attached hydrogen (secondary N) is 1. The van der Waals surface area contributed by atoms with Gasteiger partial charge in [0.1, 0.15) is 0 Å². The molecule has 1 aliphatic heterocycles. The van der Waals surface area contributed by atoms with Gasteiger partial charge in [-0.05, 0) is 31.4 Å². The third-order valence-corrected chi connectivity index (χ3v) is 3.79. The van der Waals surface area contributed by atoms with Crippen molar-refractivity contribution in [3.8, 4) is 11.5 Å². The van der Waals surface area contributed by atoms with E-state index in [1.807, 2.05) is 0 Å². The number of amides is 1. The Labute approximate surface area is 115 Å². The van der Waals surface area contributed by atoms with Gasteiger partial charge in [-0.15, -0.1) is 0 Å². The summed E-state index contributed by atoms with van der Waals surface area (Å²) in [6.45, 7) is 0.190. The van der Waals surface area contributed by atoms with E-state index in [0.29, 0.717) is 36.4 Å². The molecule has 2 atom stereocenters. The lowest BCUT2D eigenvalue weighted by Gasteiger charge is -2.11. The monoisotopic (exact) mass is 277 g/mol. The molecule has 20 heavy (non-hydrogen) atoms. The zero-order valence-electron chi connectivity index (χ0n) is 10.8. The van der Waals surface area contributed by atoms with E-state index in [0.717, 1.165) is 0 Å². The van der Waals surface area contributed by atoms with Crippen LogP contribution in [0.1, 0.15) is 19.3 Å². The van der Waals surface area contributed by atoms with Crippen molar-refractivity contribution in [1.82, 2.24) is 0 Å². The van der Waals surface area contributed by atoms with Crippen molar-refractivity contribution in [3.05, 3.63) is 18.2 Å². The average Bonchev–Trinajstić information content (AvgIpc) is 3.07. The zero-order chi connectivity index (χ0) is 14.1. The van der Waals surface area contributed by atoms with E-state index in [1.54, 1.807) is 18.2 Å². The predicted octanol–water partition coefficient (Wildman–Crippen LogP) is 1.85. The summed E-state index contributed by atoms with van der Waals surface area (Å²) in [7, 11) is 0. The van der Waals surface area contributed by atoms with Crippen LogP contribution >= 0.6 is 0 Å². The summed E-state index contributed by atoms with van der Waals surface area (Å²) in [5.74, 6) is -0.313. The standard InChI is InChI=1S/C14H15NO5/c16-13(8-1-2-9(5-8)14(17)18)15-10-3-4-11-12(6-10)20-7-19-11/h3-4,6,8-9H,1-2,5,7H2,(H,15,16)(H,17,18)/t8-,9-/m1/s1. The maximum atomic E-state index is 12.1. The highest BCUT2D eigenvalue weighted by molar-refractivity contribution is 5.93. The summed E-state index contributed by atoms with van der Waals surface area (Å²) in [6, 6.07) is 5.20. The molecule has 0 spiro atoms. The van der Waals surface area contributed by atoms with Gasteiger partial charge in [-0.25, -0.2) is 0 Å². The van der Waals surface area contributed by atoms with Crippen LogP contribution in [0.4, 0.5) is 5.69 Å². The number of ether oxygens (including phenoxy) is 2. The maximum absolute atomic E-state index is 12.1. The van der Waals surface area contributed by atoms with Gasteiger partial charge in [0.05, 0.1) is 5.92 Å². The van der Waals surface area contributed by atoms with Crippen molar-refractivity contribution in [1.29, 1.82) is 0 Å². The second-order valence-corrected chi connectivity index (χ2v) is 5.10. The molecule has 6 heteroatoms. The first-order valence-electron chi connectivity index (χ1n) is 6.57. The molecular weight excluding hydrogens is 262 g/mol. The molecule has 1 aromatic rings. The van der Waals surface area contributed by atoms with Crippen LogP contribution < -0.4 is 14.8 Å². The topological polar surface area (TPSA) is 84.9 Å². The Hall–Kier alpha value is -2.24. The molecule has 1 fully saturated rings. The Kier molecular flexibility index (Phi) is 3.22. The van der Waals surface area contributed by atoms with Gasteiger partial charge in [0, 0.05) is 17.7 Å². The van der Waals surface area contributed by atoms with E-state index in [2.05, 4.69) is 5.32 Å². The van der Waals surface area contributed by atoms with Crippen LogP contribution in [0.3, 0.4) is 0 Å². The van der Waals surface area contributed by atoms with Crippen LogP contribution in [-0.4, -0.2) is 23.8 Å². The zero-order valence-corrected chi connectivity index (χ0v) is 10.8. The molecule has 0 radical (unpaired) electrons. The Morgan fingerprint density at radius 1 is 1.15 bits per heavy atom. The summed E-state index contributed by atoms with van der Waals surface area (Å²) >= 11 is 0. The quantitative estimate of drug-likeness (QED) is 0.880. The van der Waals surface area contributed by atoms with Crippen LogP contribution in [-0.2, 0) is 9.59 Å². The largest absolute Gasteiger partial charge is 0.481 e. The molecule has 106 valence electrons. The molecule has 0 aromatic heterocycles. The second-order valence-electron chi connectivity index (χ2n) is 5.10. The van der Waals surface area contributed by atoms with Gasteiger partial charge >= 0.3 is 5.97 Å². The number of hydrogen-bond donors (Lipinski definition) is 2. The van der Waals surface area contributed by atoms with E-state index in [9.17, 15) is 9.59 Å². The number of carboxylic acid groups (broad SMARTS) is 1. The Morgan fingerprint density at radius 2 is 1.90 bits per heavy atom. The first-order chi connectivity index (χ1) is 9.63. The van der Waals surface area contributed by atoms with E-state index in [-0.39, 0.29) is 18.6 Å². The van der Waals surface area contributed by atoms with Crippen molar-refractivity contribution >= 4 is 17.6 Å². The number of hydrogen-bond acceptors (Lipinski definition) is 4. The van der Waals surface area contributed by atoms with Crippen molar-refractivity contribution in [2.45, 2.75) is 19.3 Å². The summed E-state index contributed by atoms with van der Waals surface area (Å²) in [5.41, 5.74) is 0.637. The fraction of sp³-hybridized carbons (Fsp3) is 0.429. The number of carboxylic acids is 1. The number of carbonyl (C=O) groups excluding carboxylic acids is 1. The second kappa shape index (κ2) is 5.03. The lowest BCUT2D eigenvalue weighted by Crippen LogP contribution is -2.21. The third-order valence-electron chi connectivity index (χ3n) is 3.79. The molecule has 1 aromatic carbocycles. The third kappa shape index (κ3) is 2.41. The van der Waals surface area contributed by atoms with E-state index >= 15 is 0 Å². The lowest BCUT2D eigenvalue weighted by atomic mass is 10.0. The van der Waals surface area contributed by atoms with Gasteiger partial charge in [-0.2, -0.15) is 0 Å². The van der Waals surface area contributed by atoms with Crippen LogP contribution in [0.5, 0.6) is 11.5 Å². The highest BCUT2D eigenvalue weighted by Crippen LogP contribution is 2.35. The molecule has 2 aliphatic rings. The first-order valence-corrected chi connectivity index (χ1v) is 6.57. The van der Waals surface area contributed by atoms with Crippen molar-refractivity contribution in [3.63, 3.8) is 0 Å². The molecule has 0 bridgehead atoms. The van der Waals surface area contributed by atoms with Gasteiger partial charge in [0.25, 0.3) is 0 Å². The number of benzene rings is 1. The normalized spacial score (nSPS) is 23.6. The molecule has 1 aliphatic carbocycles. The number of carbonyl (C=O) groups is 2. The minimum Gasteiger partial charge on any atom is -0.481 e. The van der Waals surface area contributed by atoms with Gasteiger partial charge in [-0.1, -0.05) is 0 Å². The molecule has 6 nitrogen and oxygen atoms in total. The predicted molar refractivity (Wildman–Crippen MR) is 69.7 cm³/mol. The lowest BCUT2D eigenvalue weighted by molar-refractivity contribution is -0.141. The van der Waals surface area contributed by atoms with Crippen molar-refractivity contribution in [2.24, 2.45) is 11.8 Å². The summed E-state index contributed by atoms with van der Waals surface area (Å²) < 4.78 is 10.4. The molecule has 1 amide bonds. The van der Waals surface area contributed by atoms with Crippen molar-refractivity contribution < 1.29 is 24.2 Å². The summed E-state index contributed by atoms with van der Waals surface area (Å²) in [5, 5.41) is 11.8. The Morgan fingerprint density at radius 3 is 2.65 bits per heavy atom. The molecule has 0 saturated heterocycles. The van der Waals surface area contributed by atoms with E-state index in [4.69, 9.17) is 14.6 Å². The number of rotatable bonds is 3. The SMILES string of the molecule is O=C(O)[C@@H]1CC[C@@H](C(=O)Nc2ccc3c(c2)OCO3)C1. The van der Waals surface area contributed by atoms with Crippen LogP contribution in [0.15, 0.2) is 18.2 Å². The Bertz CT molecular complexity index is 556. The fourth-order valence-electron chi connectivity index (χ4n) is 2.66. The minimum atomic E-state index is -0.816. The first kappa shape index (κ1) is 12.8. The van der Waals surface area contributed by atoms with Gasteiger partial charge in [0.2, 0.25) is 12.7 Å². The van der Waals surface area contributed by atoms with E-state index in [1.165, 1.54) is 0 Å². The highest BCUT2D eigenvalue weighted by Gasteiger charge is 2.33. The smallest absolute Gasteiger partial charge is 0.306 e. The minimum absolute atomic E-state index is 0.132. The highest BCUT2D eigenvalue weighted by atomic mass is 16.7. The van der Waals surface area contributed by atoms with Gasteiger partial charge in [-0.3, -0.25) is 9.59 Å². The van der Waals surface area contributed by atoms with Crippen molar-refractivity contribution in [2.75, 3.05) is 12.1 Å². The van der Waals surface area contributed by atoms with E-state index < -0.39 is 11.9 Å². The molecular formula is C14H15NO5. The summed E-state index contributed by atoms with van der Waals surface area (Å²) in [6.07, 6.45) is 1.59. The molecule has 0 unspecified atom stereocenters.